The summed E-state index contributed by atoms with van der Waals surface area (Å²) in [5.74, 6) is 1.41. The summed E-state index contributed by atoms with van der Waals surface area (Å²) in [5.41, 5.74) is 0.116. The lowest BCUT2D eigenvalue weighted by Gasteiger charge is -2.14. The van der Waals surface area contributed by atoms with E-state index in [2.05, 4.69) is 5.32 Å². The number of nitrogens with one attached hydrogen (secondary N) is 1. The van der Waals surface area contributed by atoms with Crippen LogP contribution in [0.25, 0.3) is 10.9 Å². The molecule has 9 heteroatoms. The first-order chi connectivity index (χ1) is 15.6. The lowest BCUT2D eigenvalue weighted by molar-refractivity contribution is -0.121. The maximum atomic E-state index is 13.3. The molecule has 4 aromatic rings. The van der Waals surface area contributed by atoms with Crippen molar-refractivity contribution >= 4 is 16.8 Å². The lowest BCUT2D eigenvalue weighted by atomic mass is 10.2. The second-order valence-corrected chi connectivity index (χ2v) is 7.32. The maximum Gasteiger partial charge on any atom is 0.332 e. The number of nitrogens with zero attached hydrogens (tertiary/aromatic N) is 2. The summed E-state index contributed by atoms with van der Waals surface area (Å²) in [6.07, 6.45) is 1.52. The zero-order valence-electron chi connectivity index (χ0n) is 16.9. The number of amides is 1. The molecule has 1 amide bonds. The predicted molar refractivity (Wildman–Crippen MR) is 115 cm³/mol. The van der Waals surface area contributed by atoms with Crippen molar-refractivity contribution in [2.24, 2.45) is 0 Å². The van der Waals surface area contributed by atoms with Crippen molar-refractivity contribution in [3.63, 3.8) is 0 Å². The van der Waals surface area contributed by atoms with Gasteiger partial charge in [-0.1, -0.05) is 18.2 Å². The number of para-hydroxylation sites is 1. The van der Waals surface area contributed by atoms with Gasteiger partial charge in [-0.25, -0.2) is 4.79 Å². The number of benzene rings is 2. The molecule has 2 aromatic heterocycles. The van der Waals surface area contributed by atoms with E-state index in [1.54, 1.807) is 54.6 Å². The molecule has 1 N–H and O–H groups in total. The Morgan fingerprint density at radius 3 is 2.66 bits per heavy atom. The first-order valence-corrected chi connectivity index (χ1v) is 10.00. The van der Waals surface area contributed by atoms with Crippen LogP contribution in [-0.4, -0.2) is 21.8 Å². The number of carbonyl (C=O) groups excluding carboxylic acids is 1. The highest BCUT2D eigenvalue weighted by atomic mass is 16.7. The van der Waals surface area contributed by atoms with Crippen molar-refractivity contribution in [2.75, 3.05) is 6.79 Å². The van der Waals surface area contributed by atoms with E-state index in [-0.39, 0.29) is 32.3 Å². The van der Waals surface area contributed by atoms with E-state index in [1.807, 2.05) is 0 Å². The van der Waals surface area contributed by atoms with Crippen molar-refractivity contribution in [2.45, 2.75) is 19.6 Å². The molecule has 0 radical (unpaired) electrons. The summed E-state index contributed by atoms with van der Waals surface area (Å²) in [4.78, 5) is 38.9. The molecular weight excluding hydrogens is 414 g/mol. The van der Waals surface area contributed by atoms with E-state index in [0.29, 0.717) is 33.7 Å². The number of aromatic nitrogens is 2. The minimum absolute atomic E-state index is 0.0349. The molecule has 0 aliphatic carbocycles. The maximum absolute atomic E-state index is 13.3. The minimum Gasteiger partial charge on any atom is -0.467 e. The number of furan rings is 1. The molecule has 0 saturated heterocycles. The van der Waals surface area contributed by atoms with Gasteiger partial charge < -0.3 is 19.2 Å². The molecule has 0 spiro atoms. The highest BCUT2D eigenvalue weighted by Crippen LogP contribution is 2.32. The van der Waals surface area contributed by atoms with Gasteiger partial charge in [0.2, 0.25) is 12.7 Å². The molecule has 0 atom stereocenters. The van der Waals surface area contributed by atoms with Crippen molar-refractivity contribution in [3.05, 3.63) is 93.0 Å². The van der Waals surface area contributed by atoms with Gasteiger partial charge in [0, 0.05) is 0 Å². The SMILES string of the molecule is O=C(Cn1c(=O)n(Cc2ccc3c(c2)OCO3)c(=O)c2ccccc21)NCc1ccco1. The average Bonchev–Trinajstić information content (AvgIpc) is 3.50. The van der Waals surface area contributed by atoms with Gasteiger partial charge in [-0.2, -0.15) is 0 Å². The van der Waals surface area contributed by atoms with Crippen LogP contribution >= 0.6 is 0 Å². The van der Waals surface area contributed by atoms with E-state index in [4.69, 9.17) is 13.9 Å². The Labute approximate surface area is 181 Å². The fourth-order valence-corrected chi connectivity index (χ4v) is 3.68. The van der Waals surface area contributed by atoms with Gasteiger partial charge in [0.25, 0.3) is 5.56 Å². The zero-order valence-corrected chi connectivity index (χ0v) is 16.9. The summed E-state index contributed by atoms with van der Waals surface area (Å²) in [6, 6.07) is 15.5. The molecule has 0 unspecified atom stereocenters. The van der Waals surface area contributed by atoms with Gasteiger partial charge >= 0.3 is 5.69 Å². The van der Waals surface area contributed by atoms with Gasteiger partial charge in [-0.05, 0) is 42.0 Å². The zero-order chi connectivity index (χ0) is 22.1. The number of rotatable bonds is 6. The van der Waals surface area contributed by atoms with Gasteiger partial charge in [-0.3, -0.25) is 18.7 Å². The molecule has 9 nitrogen and oxygen atoms in total. The Kier molecular flexibility index (Phi) is 4.98. The smallest absolute Gasteiger partial charge is 0.332 e. The molecule has 3 heterocycles. The van der Waals surface area contributed by atoms with Crippen LogP contribution in [0.3, 0.4) is 0 Å². The summed E-state index contributed by atoms with van der Waals surface area (Å²) < 4.78 is 18.3. The van der Waals surface area contributed by atoms with E-state index >= 15 is 0 Å². The van der Waals surface area contributed by atoms with E-state index in [0.717, 1.165) is 4.57 Å². The number of ether oxygens (including phenoxy) is 2. The van der Waals surface area contributed by atoms with E-state index < -0.39 is 11.2 Å². The summed E-state index contributed by atoms with van der Waals surface area (Å²) in [6.45, 7) is 0.138. The molecule has 32 heavy (non-hydrogen) atoms. The first kappa shape index (κ1) is 19.7. The Bertz CT molecular complexity index is 1420. The van der Waals surface area contributed by atoms with Crippen molar-refractivity contribution < 1.29 is 18.7 Å². The Morgan fingerprint density at radius 2 is 1.81 bits per heavy atom. The molecule has 0 bridgehead atoms. The first-order valence-electron chi connectivity index (χ1n) is 10.00. The van der Waals surface area contributed by atoms with Crippen molar-refractivity contribution in [1.82, 2.24) is 14.5 Å². The third-order valence-corrected chi connectivity index (χ3v) is 5.25. The van der Waals surface area contributed by atoms with E-state index in [9.17, 15) is 14.4 Å². The van der Waals surface area contributed by atoms with Crippen LogP contribution in [0.2, 0.25) is 0 Å². The predicted octanol–water partition coefficient (Wildman–Crippen LogP) is 1.85. The molecule has 1 aliphatic rings. The molecule has 0 fully saturated rings. The fraction of sp³-hybridized carbons (Fsp3) is 0.174. The highest BCUT2D eigenvalue weighted by Gasteiger charge is 2.18. The third kappa shape index (κ3) is 3.64. The van der Waals surface area contributed by atoms with Gasteiger partial charge in [0.1, 0.15) is 12.3 Å². The average molecular weight is 433 g/mol. The second-order valence-electron chi connectivity index (χ2n) is 7.32. The molecular formula is C23H19N3O6. The van der Waals surface area contributed by atoms with Crippen LogP contribution in [0.4, 0.5) is 0 Å². The largest absolute Gasteiger partial charge is 0.467 e. The summed E-state index contributed by atoms with van der Waals surface area (Å²) >= 11 is 0. The molecule has 162 valence electrons. The van der Waals surface area contributed by atoms with Gasteiger partial charge in [0.05, 0.1) is 30.3 Å². The van der Waals surface area contributed by atoms with Crippen LogP contribution in [0.5, 0.6) is 11.5 Å². The molecule has 0 saturated carbocycles. The van der Waals surface area contributed by atoms with Crippen LogP contribution in [0, 0.1) is 0 Å². The molecule has 5 rings (SSSR count). The second kappa shape index (κ2) is 8.10. The third-order valence-electron chi connectivity index (χ3n) is 5.25. The van der Waals surface area contributed by atoms with Crippen molar-refractivity contribution in [3.8, 4) is 11.5 Å². The highest BCUT2D eigenvalue weighted by molar-refractivity contribution is 5.81. The quantitative estimate of drug-likeness (QED) is 0.498. The monoisotopic (exact) mass is 433 g/mol. The topological polar surface area (TPSA) is 105 Å². The van der Waals surface area contributed by atoms with Crippen LogP contribution in [0.15, 0.2) is 74.9 Å². The standard InChI is InChI=1S/C23H19N3O6/c27-21(24-11-16-4-3-9-30-16)13-25-18-6-2-1-5-17(18)22(28)26(23(25)29)12-15-7-8-19-20(10-15)32-14-31-19/h1-10H,11-14H2,(H,24,27). The van der Waals surface area contributed by atoms with Crippen LogP contribution < -0.4 is 26.0 Å². The Balaban J connectivity index is 1.50. The molecule has 2 aromatic carbocycles. The normalized spacial score (nSPS) is 12.2. The van der Waals surface area contributed by atoms with E-state index in [1.165, 1.54) is 10.8 Å². The minimum atomic E-state index is -0.570. The summed E-state index contributed by atoms with van der Waals surface area (Å²) in [5, 5.41) is 3.08. The van der Waals surface area contributed by atoms with Crippen LogP contribution in [0.1, 0.15) is 11.3 Å². The number of hydrogen-bond donors (Lipinski definition) is 1. The van der Waals surface area contributed by atoms with Gasteiger partial charge in [0.15, 0.2) is 11.5 Å². The van der Waals surface area contributed by atoms with Gasteiger partial charge in [-0.15, -0.1) is 0 Å². The fourth-order valence-electron chi connectivity index (χ4n) is 3.68. The van der Waals surface area contributed by atoms with Crippen LogP contribution in [-0.2, 0) is 24.4 Å². The number of carbonyl (C=O) groups is 1. The number of fused-ring (bicyclic) bond motifs is 2. The Morgan fingerprint density at radius 1 is 0.969 bits per heavy atom. The van der Waals surface area contributed by atoms with Crippen molar-refractivity contribution in [1.29, 1.82) is 0 Å². The Hall–Kier alpha value is -4.27. The summed E-state index contributed by atoms with van der Waals surface area (Å²) in [7, 11) is 0. The number of hydrogen-bond acceptors (Lipinski definition) is 6. The lowest BCUT2D eigenvalue weighted by Crippen LogP contribution is -2.42. The molecule has 1 aliphatic heterocycles.